The summed E-state index contributed by atoms with van der Waals surface area (Å²) in [6.45, 7) is 0. The maximum absolute atomic E-state index is 11.3. The second-order valence-corrected chi connectivity index (χ2v) is 2.62. The number of hydrogen-bond donors (Lipinski definition) is 2. The third kappa shape index (κ3) is 2.87. The van der Waals surface area contributed by atoms with E-state index in [2.05, 4.69) is 10.2 Å². The fraction of sp³-hybridized carbons (Fsp3) is 0.111. The summed E-state index contributed by atoms with van der Waals surface area (Å²) in [6.07, 6.45) is -0.722. The van der Waals surface area contributed by atoms with E-state index < -0.39 is 12.1 Å². The predicted molar refractivity (Wildman–Crippen MR) is 54.0 cm³/mol. The standard InChI is InChI=1S/C9H11N3O3/c1-15-9(14)12(11-8(10)13)7-5-3-2-4-6-7/h2-6H,1H3,(H3,10,11,13). The summed E-state index contributed by atoms with van der Waals surface area (Å²) >= 11 is 0. The summed E-state index contributed by atoms with van der Waals surface area (Å²) in [5, 5.41) is 0.919. The first-order valence-electron chi connectivity index (χ1n) is 4.14. The number of hydrazine groups is 1. The van der Waals surface area contributed by atoms with Gasteiger partial charge in [0.05, 0.1) is 12.8 Å². The molecular weight excluding hydrogens is 198 g/mol. The van der Waals surface area contributed by atoms with Crippen LogP contribution in [-0.4, -0.2) is 19.2 Å². The van der Waals surface area contributed by atoms with Crippen LogP contribution in [0.25, 0.3) is 0 Å². The first-order chi connectivity index (χ1) is 7.15. The second kappa shape index (κ2) is 4.85. The molecular formula is C9H11N3O3. The Labute approximate surface area is 86.6 Å². The molecule has 80 valence electrons. The molecule has 0 aliphatic carbocycles. The van der Waals surface area contributed by atoms with Gasteiger partial charge < -0.3 is 10.5 Å². The van der Waals surface area contributed by atoms with Gasteiger partial charge in [0.25, 0.3) is 0 Å². The first-order valence-corrected chi connectivity index (χ1v) is 4.14. The Morgan fingerprint density at radius 3 is 2.40 bits per heavy atom. The van der Waals surface area contributed by atoms with E-state index in [1.807, 2.05) is 0 Å². The van der Waals surface area contributed by atoms with Crippen LogP contribution >= 0.6 is 0 Å². The monoisotopic (exact) mass is 209 g/mol. The topological polar surface area (TPSA) is 84.7 Å². The van der Waals surface area contributed by atoms with E-state index >= 15 is 0 Å². The average Bonchev–Trinajstić information content (AvgIpc) is 2.26. The number of benzene rings is 1. The van der Waals surface area contributed by atoms with Crippen molar-refractivity contribution in [3.8, 4) is 0 Å². The number of amides is 3. The Morgan fingerprint density at radius 1 is 1.33 bits per heavy atom. The quantitative estimate of drug-likeness (QED) is 0.672. The number of primary amides is 1. The van der Waals surface area contributed by atoms with Gasteiger partial charge in [-0.1, -0.05) is 18.2 Å². The molecule has 0 bridgehead atoms. The minimum absolute atomic E-state index is 0.461. The Morgan fingerprint density at radius 2 is 1.93 bits per heavy atom. The number of urea groups is 1. The molecule has 0 fully saturated rings. The summed E-state index contributed by atoms with van der Waals surface area (Å²) in [4.78, 5) is 21.9. The van der Waals surface area contributed by atoms with E-state index in [1.165, 1.54) is 7.11 Å². The highest BCUT2D eigenvalue weighted by molar-refractivity contribution is 5.91. The van der Waals surface area contributed by atoms with Gasteiger partial charge in [0.2, 0.25) is 0 Å². The SMILES string of the molecule is COC(=O)N(NC(N)=O)c1ccccc1. The van der Waals surface area contributed by atoms with Gasteiger partial charge in [0.1, 0.15) is 0 Å². The minimum Gasteiger partial charge on any atom is -0.451 e. The lowest BCUT2D eigenvalue weighted by Gasteiger charge is -2.20. The van der Waals surface area contributed by atoms with E-state index in [4.69, 9.17) is 5.73 Å². The van der Waals surface area contributed by atoms with Crippen molar-refractivity contribution in [3.05, 3.63) is 30.3 Å². The van der Waals surface area contributed by atoms with Crippen molar-refractivity contribution < 1.29 is 14.3 Å². The number of para-hydroxylation sites is 1. The number of carbonyl (C=O) groups excluding carboxylic acids is 2. The first kappa shape index (κ1) is 10.8. The number of nitrogens with one attached hydrogen (secondary N) is 1. The van der Waals surface area contributed by atoms with Crippen molar-refractivity contribution in [2.24, 2.45) is 5.73 Å². The molecule has 3 N–H and O–H groups in total. The molecule has 6 nitrogen and oxygen atoms in total. The van der Waals surface area contributed by atoms with E-state index in [-0.39, 0.29) is 0 Å². The number of anilines is 1. The van der Waals surface area contributed by atoms with Crippen LogP contribution in [0.15, 0.2) is 30.3 Å². The van der Waals surface area contributed by atoms with E-state index in [1.54, 1.807) is 30.3 Å². The fourth-order valence-electron chi connectivity index (χ4n) is 0.994. The van der Waals surface area contributed by atoms with Crippen LogP contribution in [0.2, 0.25) is 0 Å². The minimum atomic E-state index is -0.843. The van der Waals surface area contributed by atoms with Gasteiger partial charge in [-0.15, -0.1) is 0 Å². The molecule has 15 heavy (non-hydrogen) atoms. The van der Waals surface area contributed by atoms with Crippen LogP contribution in [0.4, 0.5) is 15.3 Å². The van der Waals surface area contributed by atoms with E-state index in [0.29, 0.717) is 5.69 Å². The average molecular weight is 209 g/mol. The lowest BCUT2D eigenvalue weighted by molar-refractivity contribution is 0.175. The lowest BCUT2D eigenvalue weighted by Crippen LogP contribution is -2.48. The molecule has 0 aliphatic rings. The third-order valence-corrected chi connectivity index (χ3v) is 1.59. The normalized spacial score (nSPS) is 9.13. The van der Waals surface area contributed by atoms with Gasteiger partial charge >= 0.3 is 12.1 Å². The van der Waals surface area contributed by atoms with Gasteiger partial charge in [-0.2, -0.15) is 5.01 Å². The van der Waals surface area contributed by atoms with Crippen LogP contribution in [0.1, 0.15) is 0 Å². The Hall–Kier alpha value is -2.24. The zero-order valence-electron chi connectivity index (χ0n) is 8.14. The van der Waals surface area contributed by atoms with Gasteiger partial charge in [-0.05, 0) is 12.1 Å². The summed E-state index contributed by atoms with van der Waals surface area (Å²) in [7, 11) is 1.21. The third-order valence-electron chi connectivity index (χ3n) is 1.59. The number of hydrogen-bond acceptors (Lipinski definition) is 3. The molecule has 0 atom stereocenters. The van der Waals surface area contributed by atoms with Crippen LogP contribution in [0.5, 0.6) is 0 Å². The maximum Gasteiger partial charge on any atom is 0.433 e. The molecule has 6 heteroatoms. The molecule has 1 rings (SSSR count). The lowest BCUT2D eigenvalue weighted by atomic mass is 10.3. The Balaban J connectivity index is 2.91. The van der Waals surface area contributed by atoms with Crippen molar-refractivity contribution in [2.75, 3.05) is 12.1 Å². The molecule has 3 amide bonds. The summed E-state index contributed by atoms with van der Waals surface area (Å²) in [5.74, 6) is 0. The molecule has 0 saturated carbocycles. The zero-order chi connectivity index (χ0) is 11.3. The molecule has 1 aromatic carbocycles. The smallest absolute Gasteiger partial charge is 0.433 e. The molecule has 0 saturated heterocycles. The summed E-state index contributed by atoms with van der Waals surface area (Å²) < 4.78 is 4.48. The number of ether oxygens (including phenoxy) is 1. The van der Waals surface area contributed by atoms with Gasteiger partial charge in [0.15, 0.2) is 0 Å². The number of rotatable bonds is 1. The van der Waals surface area contributed by atoms with E-state index in [0.717, 1.165) is 5.01 Å². The highest BCUT2D eigenvalue weighted by Gasteiger charge is 2.16. The van der Waals surface area contributed by atoms with Gasteiger partial charge in [0, 0.05) is 0 Å². The highest BCUT2D eigenvalue weighted by Crippen LogP contribution is 2.11. The van der Waals surface area contributed by atoms with Crippen LogP contribution in [-0.2, 0) is 4.74 Å². The van der Waals surface area contributed by atoms with Crippen LogP contribution in [0.3, 0.4) is 0 Å². The summed E-state index contributed by atoms with van der Waals surface area (Å²) in [6, 6.07) is 7.63. The van der Waals surface area contributed by atoms with Crippen molar-refractivity contribution in [1.29, 1.82) is 0 Å². The predicted octanol–water partition coefficient (Wildman–Crippen LogP) is 0.843. The highest BCUT2D eigenvalue weighted by atomic mass is 16.5. The van der Waals surface area contributed by atoms with Crippen molar-refractivity contribution >= 4 is 17.8 Å². The number of nitrogens with zero attached hydrogens (tertiary/aromatic N) is 1. The Bertz CT molecular complexity index is 353. The maximum atomic E-state index is 11.3. The van der Waals surface area contributed by atoms with Gasteiger partial charge in [-0.3, -0.25) is 0 Å². The number of carbonyl (C=O) groups is 2. The van der Waals surface area contributed by atoms with Crippen LogP contribution < -0.4 is 16.2 Å². The largest absolute Gasteiger partial charge is 0.451 e. The van der Waals surface area contributed by atoms with Crippen LogP contribution in [0, 0.1) is 0 Å². The molecule has 0 heterocycles. The zero-order valence-corrected chi connectivity index (χ0v) is 8.14. The second-order valence-electron chi connectivity index (χ2n) is 2.62. The van der Waals surface area contributed by atoms with Crippen molar-refractivity contribution in [2.45, 2.75) is 0 Å². The molecule has 0 aromatic heterocycles. The molecule has 0 unspecified atom stereocenters. The molecule has 0 aliphatic heterocycles. The molecule has 0 radical (unpaired) electrons. The van der Waals surface area contributed by atoms with Crippen molar-refractivity contribution in [3.63, 3.8) is 0 Å². The Kier molecular flexibility index (Phi) is 3.50. The number of nitrogens with two attached hydrogens (primary N) is 1. The van der Waals surface area contributed by atoms with Crippen molar-refractivity contribution in [1.82, 2.24) is 5.43 Å². The van der Waals surface area contributed by atoms with Gasteiger partial charge in [-0.25, -0.2) is 15.0 Å². The summed E-state index contributed by atoms with van der Waals surface area (Å²) in [5.41, 5.74) is 7.53. The van der Waals surface area contributed by atoms with E-state index in [9.17, 15) is 9.59 Å². The number of methoxy groups -OCH3 is 1. The molecule has 0 spiro atoms. The molecule has 1 aromatic rings. The fourth-order valence-corrected chi connectivity index (χ4v) is 0.994.